The number of aromatic nitrogens is 2. The zero-order valence-corrected chi connectivity index (χ0v) is 20.9. The van der Waals surface area contributed by atoms with Crippen molar-refractivity contribution in [1.82, 2.24) is 24.3 Å². The molecule has 2 aromatic rings. The Morgan fingerprint density at radius 1 is 1.08 bits per heavy atom. The molecule has 2 aliphatic heterocycles. The number of amides is 3. The molecule has 3 fully saturated rings. The van der Waals surface area contributed by atoms with Crippen molar-refractivity contribution >= 4 is 17.8 Å². The van der Waals surface area contributed by atoms with E-state index in [1.54, 1.807) is 17.2 Å². The van der Waals surface area contributed by atoms with Crippen molar-refractivity contribution in [3.05, 3.63) is 52.6 Å². The van der Waals surface area contributed by atoms with Gasteiger partial charge in [-0.2, -0.15) is 4.98 Å². The lowest BCUT2D eigenvalue weighted by molar-refractivity contribution is -0.139. The zero-order chi connectivity index (χ0) is 26.3. The van der Waals surface area contributed by atoms with Crippen LogP contribution in [0.5, 0.6) is 0 Å². The van der Waals surface area contributed by atoms with Gasteiger partial charge in [-0.1, -0.05) is 12.1 Å². The van der Waals surface area contributed by atoms with Gasteiger partial charge in [-0.15, -0.1) is 0 Å². The van der Waals surface area contributed by atoms with Crippen LogP contribution in [0.25, 0.3) is 5.69 Å². The summed E-state index contributed by atoms with van der Waals surface area (Å²) < 4.78 is 1.43. The number of aliphatic hydroxyl groups is 1. The van der Waals surface area contributed by atoms with Crippen molar-refractivity contribution in [3.8, 4) is 5.69 Å². The van der Waals surface area contributed by atoms with E-state index in [9.17, 15) is 19.5 Å². The van der Waals surface area contributed by atoms with Gasteiger partial charge >= 0.3 is 11.7 Å². The number of piperidine rings is 1. The second-order valence-corrected chi connectivity index (χ2v) is 10.5. The fraction of sp³-hybridized carbons (Fsp3) is 0.520. The van der Waals surface area contributed by atoms with E-state index in [-0.39, 0.29) is 11.7 Å². The zero-order valence-electron chi connectivity index (χ0n) is 20.9. The molecule has 2 saturated heterocycles. The van der Waals surface area contributed by atoms with Gasteiger partial charge < -0.3 is 26.4 Å². The number of fused-ring (bicyclic) bond motifs is 1. The Bertz CT molecular complexity index is 1210. The molecule has 1 unspecified atom stereocenters. The van der Waals surface area contributed by atoms with Gasteiger partial charge in [-0.05, 0) is 42.5 Å². The molecule has 1 aliphatic carbocycles. The first kappa shape index (κ1) is 25.3. The quantitative estimate of drug-likeness (QED) is 0.385. The number of anilines is 1. The molecule has 1 aromatic heterocycles. The number of hydrogen-bond donors (Lipinski definition) is 4. The van der Waals surface area contributed by atoms with Gasteiger partial charge in [0.1, 0.15) is 11.4 Å². The van der Waals surface area contributed by atoms with Crippen LogP contribution < -0.4 is 22.5 Å². The third-order valence-corrected chi connectivity index (χ3v) is 7.67. The minimum atomic E-state index is -1.35. The predicted octanol–water partition coefficient (Wildman–Crippen LogP) is -0.993. The molecule has 0 radical (unpaired) electrons. The molecule has 12 nitrogen and oxygen atoms in total. The van der Waals surface area contributed by atoms with Crippen molar-refractivity contribution < 1.29 is 14.7 Å². The summed E-state index contributed by atoms with van der Waals surface area (Å²) in [5, 5.41) is 12.0. The molecule has 6 N–H and O–H groups in total. The van der Waals surface area contributed by atoms with E-state index in [0.29, 0.717) is 49.7 Å². The van der Waals surface area contributed by atoms with Crippen LogP contribution in [0, 0.1) is 11.8 Å². The number of piperazine rings is 1. The number of aliphatic hydroxyl groups excluding tert-OH is 1. The Morgan fingerprint density at radius 3 is 2.30 bits per heavy atom. The molecule has 37 heavy (non-hydrogen) atoms. The second-order valence-electron chi connectivity index (χ2n) is 10.5. The standard InChI is InChI=1S/C25H34N8O4/c1-25(27,15-34)22(35)31-8-10-32(11-9-31)23(36)28-20-6-7-33(24(37)29-20)17-4-2-16(3-5-17)12-30-13-18-19(14-30)21(18)26/h2-7,18-19,21,34H,8-15,26-27H2,1H3,(H,28,29,36,37)/t18-,19+,21?,25-/m1/s1. The number of urea groups is 1. The number of likely N-dealkylation sites (tertiary alicyclic amines) is 1. The maximum absolute atomic E-state index is 12.7. The molecular weight excluding hydrogens is 476 g/mol. The Labute approximate surface area is 214 Å². The Hall–Kier alpha value is -3.32. The van der Waals surface area contributed by atoms with E-state index in [2.05, 4.69) is 15.2 Å². The molecule has 3 heterocycles. The van der Waals surface area contributed by atoms with Gasteiger partial charge in [0, 0.05) is 58.1 Å². The molecule has 12 heteroatoms. The van der Waals surface area contributed by atoms with Crippen LogP contribution >= 0.6 is 0 Å². The number of carbonyl (C=O) groups excluding carboxylic acids is 2. The van der Waals surface area contributed by atoms with Crippen LogP contribution in [0.1, 0.15) is 12.5 Å². The van der Waals surface area contributed by atoms with Crippen LogP contribution in [0.3, 0.4) is 0 Å². The lowest BCUT2D eigenvalue weighted by Crippen LogP contribution is -2.60. The lowest BCUT2D eigenvalue weighted by atomic mass is 10.0. The summed E-state index contributed by atoms with van der Waals surface area (Å²) >= 11 is 0. The molecule has 3 aliphatic rings. The topological polar surface area (TPSA) is 163 Å². The molecule has 1 aromatic carbocycles. The van der Waals surface area contributed by atoms with E-state index in [1.165, 1.54) is 22.0 Å². The third kappa shape index (κ3) is 5.23. The van der Waals surface area contributed by atoms with Crippen LogP contribution in [0.4, 0.5) is 10.6 Å². The summed E-state index contributed by atoms with van der Waals surface area (Å²) in [5.41, 5.74) is 11.9. The number of nitrogens with zero attached hydrogens (tertiary/aromatic N) is 5. The SMILES string of the molecule is C[C@@](N)(CO)C(=O)N1CCN(C(=O)Nc2ccn(-c3ccc(CN4C[C@@H]5C(N)[C@@H]5C4)cc3)c(=O)n2)CC1. The highest BCUT2D eigenvalue weighted by molar-refractivity contribution is 5.89. The molecular formula is C25H34N8O4. The number of rotatable bonds is 6. The minimum Gasteiger partial charge on any atom is -0.394 e. The second kappa shape index (κ2) is 9.86. The molecule has 0 spiro atoms. The first-order valence-corrected chi connectivity index (χ1v) is 12.6. The Morgan fingerprint density at radius 2 is 1.70 bits per heavy atom. The monoisotopic (exact) mass is 510 g/mol. The number of benzene rings is 1. The Balaban J connectivity index is 1.14. The fourth-order valence-electron chi connectivity index (χ4n) is 5.21. The summed E-state index contributed by atoms with van der Waals surface area (Å²) in [6.45, 7) is 5.19. The van der Waals surface area contributed by atoms with E-state index >= 15 is 0 Å². The number of carbonyl (C=O) groups is 2. The maximum Gasteiger partial charge on any atom is 0.354 e. The van der Waals surface area contributed by atoms with E-state index in [1.807, 2.05) is 24.3 Å². The average Bonchev–Trinajstić information content (AvgIpc) is 3.28. The van der Waals surface area contributed by atoms with Crippen LogP contribution in [-0.4, -0.2) is 98.8 Å². The summed E-state index contributed by atoms with van der Waals surface area (Å²) in [6, 6.07) is 9.37. The average molecular weight is 511 g/mol. The summed E-state index contributed by atoms with van der Waals surface area (Å²) in [4.78, 5) is 47.2. The fourth-order valence-corrected chi connectivity index (χ4v) is 5.21. The van der Waals surface area contributed by atoms with Gasteiger partial charge in [0.15, 0.2) is 0 Å². The van der Waals surface area contributed by atoms with Crippen LogP contribution in [0.2, 0.25) is 0 Å². The largest absolute Gasteiger partial charge is 0.394 e. The first-order chi connectivity index (χ1) is 17.7. The molecule has 1 saturated carbocycles. The van der Waals surface area contributed by atoms with Crippen molar-refractivity contribution in [2.75, 3.05) is 51.2 Å². The number of hydrogen-bond acceptors (Lipinski definition) is 8. The normalized spacial score (nSPS) is 24.9. The van der Waals surface area contributed by atoms with E-state index in [0.717, 1.165) is 19.6 Å². The van der Waals surface area contributed by atoms with Crippen LogP contribution in [-0.2, 0) is 11.3 Å². The molecule has 4 atom stereocenters. The van der Waals surface area contributed by atoms with Gasteiger partial charge in [-0.3, -0.25) is 19.6 Å². The highest BCUT2D eigenvalue weighted by Crippen LogP contribution is 2.44. The van der Waals surface area contributed by atoms with Gasteiger partial charge in [0.05, 0.1) is 12.3 Å². The Kier molecular flexibility index (Phi) is 6.75. The van der Waals surface area contributed by atoms with Gasteiger partial charge in [-0.25, -0.2) is 9.59 Å². The first-order valence-electron chi connectivity index (χ1n) is 12.6. The van der Waals surface area contributed by atoms with Crippen molar-refractivity contribution in [2.45, 2.75) is 25.0 Å². The molecule has 0 bridgehead atoms. The van der Waals surface area contributed by atoms with Crippen LogP contribution in [0.15, 0.2) is 41.3 Å². The number of nitrogens with one attached hydrogen (secondary N) is 1. The summed E-state index contributed by atoms with van der Waals surface area (Å²) in [7, 11) is 0. The van der Waals surface area contributed by atoms with E-state index in [4.69, 9.17) is 11.5 Å². The van der Waals surface area contributed by atoms with Crippen molar-refractivity contribution in [2.24, 2.45) is 23.3 Å². The lowest BCUT2D eigenvalue weighted by Gasteiger charge is -2.37. The maximum atomic E-state index is 12.7. The molecule has 3 amide bonds. The minimum absolute atomic E-state index is 0.155. The molecule has 5 rings (SSSR count). The van der Waals surface area contributed by atoms with Gasteiger partial charge in [0.2, 0.25) is 5.91 Å². The summed E-state index contributed by atoms with van der Waals surface area (Å²) in [6.07, 6.45) is 1.59. The smallest absolute Gasteiger partial charge is 0.354 e. The van der Waals surface area contributed by atoms with Crippen molar-refractivity contribution in [1.29, 1.82) is 0 Å². The highest BCUT2D eigenvalue weighted by atomic mass is 16.3. The third-order valence-electron chi connectivity index (χ3n) is 7.67. The molecule has 198 valence electrons. The van der Waals surface area contributed by atoms with E-state index < -0.39 is 23.9 Å². The summed E-state index contributed by atoms with van der Waals surface area (Å²) in [5.74, 6) is 1.10. The number of nitrogens with two attached hydrogens (primary N) is 2. The highest BCUT2D eigenvalue weighted by Gasteiger charge is 2.53. The van der Waals surface area contributed by atoms with Crippen molar-refractivity contribution in [3.63, 3.8) is 0 Å². The predicted molar refractivity (Wildman–Crippen MR) is 137 cm³/mol. The van der Waals surface area contributed by atoms with Gasteiger partial charge in [0.25, 0.3) is 0 Å².